The summed E-state index contributed by atoms with van der Waals surface area (Å²) in [5, 5.41) is 12.0. The van der Waals surface area contributed by atoms with Gasteiger partial charge in [-0.15, -0.1) is 0 Å². The van der Waals surface area contributed by atoms with Crippen molar-refractivity contribution in [2.24, 2.45) is 0 Å². The zero-order chi connectivity index (χ0) is 12.0. The van der Waals surface area contributed by atoms with Gasteiger partial charge in [-0.3, -0.25) is 4.79 Å². The van der Waals surface area contributed by atoms with E-state index in [1.54, 1.807) is 24.3 Å². The van der Waals surface area contributed by atoms with Crippen LogP contribution in [0.3, 0.4) is 0 Å². The van der Waals surface area contributed by atoms with E-state index in [-0.39, 0.29) is 12.0 Å². The number of hydrogen-bond acceptors (Lipinski definition) is 3. The van der Waals surface area contributed by atoms with Crippen LogP contribution in [0.4, 0.5) is 5.69 Å². The molecule has 0 saturated heterocycles. The van der Waals surface area contributed by atoms with Crippen molar-refractivity contribution in [2.45, 2.75) is 25.9 Å². The number of rotatable bonds is 5. The lowest BCUT2D eigenvalue weighted by atomic mass is 10.1. The zero-order valence-electron chi connectivity index (χ0n) is 9.44. The Bertz CT molecular complexity index is 353. The molecule has 0 aliphatic heterocycles. The molecule has 0 heterocycles. The first kappa shape index (κ1) is 12.5. The molecule has 0 bridgehead atoms. The smallest absolute Gasteiger partial charge is 0.253 e. The highest BCUT2D eigenvalue weighted by atomic mass is 16.3. The highest BCUT2D eigenvalue weighted by Crippen LogP contribution is 2.09. The van der Waals surface area contributed by atoms with Crippen LogP contribution in [0.15, 0.2) is 24.3 Å². The molecule has 0 aliphatic carbocycles. The maximum atomic E-state index is 11.7. The summed E-state index contributed by atoms with van der Waals surface area (Å²) in [4.78, 5) is 11.7. The second-order valence-corrected chi connectivity index (χ2v) is 3.69. The van der Waals surface area contributed by atoms with E-state index >= 15 is 0 Å². The second-order valence-electron chi connectivity index (χ2n) is 3.69. The SMILES string of the molecule is CCC(O)CCNC(=O)c1ccccc1N. The predicted molar refractivity (Wildman–Crippen MR) is 64.1 cm³/mol. The Balaban J connectivity index is 2.44. The zero-order valence-corrected chi connectivity index (χ0v) is 9.44. The fourth-order valence-electron chi connectivity index (χ4n) is 1.36. The van der Waals surface area contributed by atoms with Crippen molar-refractivity contribution in [1.82, 2.24) is 5.32 Å². The molecule has 16 heavy (non-hydrogen) atoms. The maximum absolute atomic E-state index is 11.7. The Morgan fingerprint density at radius 2 is 2.19 bits per heavy atom. The van der Waals surface area contributed by atoms with Gasteiger partial charge in [0.15, 0.2) is 0 Å². The molecule has 0 radical (unpaired) electrons. The number of amides is 1. The van der Waals surface area contributed by atoms with Gasteiger partial charge < -0.3 is 16.2 Å². The monoisotopic (exact) mass is 222 g/mol. The molecular weight excluding hydrogens is 204 g/mol. The van der Waals surface area contributed by atoms with Gasteiger partial charge in [-0.2, -0.15) is 0 Å². The Labute approximate surface area is 95.5 Å². The number of carbonyl (C=O) groups is 1. The first-order valence-electron chi connectivity index (χ1n) is 5.46. The van der Waals surface area contributed by atoms with Crippen LogP contribution in [0.2, 0.25) is 0 Å². The van der Waals surface area contributed by atoms with Crippen molar-refractivity contribution >= 4 is 11.6 Å². The summed E-state index contributed by atoms with van der Waals surface area (Å²) in [6.07, 6.45) is 0.909. The maximum Gasteiger partial charge on any atom is 0.253 e. The largest absolute Gasteiger partial charge is 0.398 e. The first-order chi connectivity index (χ1) is 7.65. The van der Waals surface area contributed by atoms with Crippen molar-refractivity contribution in [3.63, 3.8) is 0 Å². The topological polar surface area (TPSA) is 75.3 Å². The van der Waals surface area contributed by atoms with E-state index in [1.807, 2.05) is 6.92 Å². The van der Waals surface area contributed by atoms with Gasteiger partial charge >= 0.3 is 0 Å². The van der Waals surface area contributed by atoms with Gasteiger partial charge in [0.25, 0.3) is 5.91 Å². The molecule has 1 amide bonds. The van der Waals surface area contributed by atoms with Gasteiger partial charge in [-0.25, -0.2) is 0 Å². The number of carbonyl (C=O) groups excluding carboxylic acids is 1. The number of para-hydroxylation sites is 1. The number of benzene rings is 1. The Morgan fingerprint density at radius 1 is 1.50 bits per heavy atom. The lowest BCUT2D eigenvalue weighted by Gasteiger charge is -2.09. The number of hydrogen-bond donors (Lipinski definition) is 3. The Hall–Kier alpha value is -1.55. The molecule has 1 atom stereocenters. The standard InChI is InChI=1S/C12H18N2O2/c1-2-9(15)7-8-14-12(16)10-5-3-4-6-11(10)13/h3-6,9,15H,2,7-8,13H2,1H3,(H,14,16). The van der Waals surface area contributed by atoms with E-state index in [2.05, 4.69) is 5.32 Å². The van der Waals surface area contributed by atoms with Crippen molar-refractivity contribution in [1.29, 1.82) is 0 Å². The minimum Gasteiger partial charge on any atom is -0.398 e. The summed E-state index contributed by atoms with van der Waals surface area (Å²) < 4.78 is 0. The average Bonchev–Trinajstić information content (AvgIpc) is 2.29. The Morgan fingerprint density at radius 3 is 2.81 bits per heavy atom. The molecular formula is C12H18N2O2. The van der Waals surface area contributed by atoms with Gasteiger partial charge in [-0.05, 0) is 25.0 Å². The van der Waals surface area contributed by atoms with Crippen LogP contribution in [0.1, 0.15) is 30.1 Å². The summed E-state index contributed by atoms with van der Waals surface area (Å²) in [7, 11) is 0. The fourth-order valence-corrected chi connectivity index (χ4v) is 1.36. The van der Waals surface area contributed by atoms with Crippen LogP contribution >= 0.6 is 0 Å². The fraction of sp³-hybridized carbons (Fsp3) is 0.417. The molecule has 4 N–H and O–H groups in total. The molecule has 0 spiro atoms. The molecule has 1 rings (SSSR count). The number of aliphatic hydroxyl groups is 1. The molecule has 0 fully saturated rings. The van der Waals surface area contributed by atoms with Crippen molar-refractivity contribution < 1.29 is 9.90 Å². The van der Waals surface area contributed by atoms with Crippen LogP contribution in [0.25, 0.3) is 0 Å². The quantitative estimate of drug-likeness (QED) is 0.654. The average molecular weight is 222 g/mol. The normalized spacial score (nSPS) is 12.1. The molecule has 1 aromatic rings. The molecule has 0 aliphatic rings. The number of nitrogens with two attached hydrogens (primary N) is 1. The highest BCUT2D eigenvalue weighted by Gasteiger charge is 2.08. The van der Waals surface area contributed by atoms with E-state index in [0.717, 1.165) is 0 Å². The number of aliphatic hydroxyl groups excluding tert-OH is 1. The van der Waals surface area contributed by atoms with Crippen molar-refractivity contribution in [3.8, 4) is 0 Å². The van der Waals surface area contributed by atoms with Gasteiger partial charge in [0.1, 0.15) is 0 Å². The molecule has 1 aromatic carbocycles. The summed E-state index contributed by atoms with van der Waals surface area (Å²) in [5.41, 5.74) is 6.62. The third-order valence-electron chi connectivity index (χ3n) is 2.44. The molecule has 88 valence electrons. The van der Waals surface area contributed by atoms with Crippen LogP contribution in [-0.2, 0) is 0 Å². The lowest BCUT2D eigenvalue weighted by molar-refractivity contribution is 0.0943. The number of nitrogens with one attached hydrogen (secondary N) is 1. The van der Waals surface area contributed by atoms with Crippen LogP contribution < -0.4 is 11.1 Å². The number of anilines is 1. The van der Waals surface area contributed by atoms with Crippen LogP contribution in [0, 0.1) is 0 Å². The predicted octanol–water partition coefficient (Wildman–Crippen LogP) is 1.16. The molecule has 0 saturated carbocycles. The van der Waals surface area contributed by atoms with E-state index in [1.165, 1.54) is 0 Å². The van der Waals surface area contributed by atoms with Crippen molar-refractivity contribution in [3.05, 3.63) is 29.8 Å². The van der Waals surface area contributed by atoms with Crippen molar-refractivity contribution in [2.75, 3.05) is 12.3 Å². The summed E-state index contributed by atoms with van der Waals surface area (Å²) in [6.45, 7) is 2.36. The van der Waals surface area contributed by atoms with Gasteiger partial charge in [-0.1, -0.05) is 19.1 Å². The summed E-state index contributed by atoms with van der Waals surface area (Å²) >= 11 is 0. The lowest BCUT2D eigenvalue weighted by Crippen LogP contribution is -2.27. The third-order valence-corrected chi connectivity index (χ3v) is 2.44. The van der Waals surface area contributed by atoms with Crippen LogP contribution in [-0.4, -0.2) is 23.7 Å². The van der Waals surface area contributed by atoms with E-state index in [9.17, 15) is 9.90 Å². The number of nitrogen functional groups attached to an aromatic ring is 1. The van der Waals surface area contributed by atoms with Gasteiger partial charge in [0.05, 0.1) is 11.7 Å². The summed E-state index contributed by atoms with van der Waals surface area (Å²) in [6, 6.07) is 6.93. The van der Waals surface area contributed by atoms with Gasteiger partial charge in [0.2, 0.25) is 0 Å². The second kappa shape index (κ2) is 6.12. The molecule has 0 aromatic heterocycles. The molecule has 4 heteroatoms. The minimum atomic E-state index is -0.353. The molecule has 1 unspecified atom stereocenters. The third kappa shape index (κ3) is 3.55. The van der Waals surface area contributed by atoms with E-state index < -0.39 is 0 Å². The Kier molecular flexibility index (Phi) is 4.79. The van der Waals surface area contributed by atoms with Gasteiger partial charge in [0, 0.05) is 12.2 Å². The first-order valence-corrected chi connectivity index (χ1v) is 5.46. The van der Waals surface area contributed by atoms with Crippen LogP contribution in [0.5, 0.6) is 0 Å². The molecule has 4 nitrogen and oxygen atoms in total. The van der Waals surface area contributed by atoms with E-state index in [0.29, 0.717) is 30.6 Å². The minimum absolute atomic E-state index is 0.193. The summed E-state index contributed by atoms with van der Waals surface area (Å²) in [5.74, 6) is -0.193. The van der Waals surface area contributed by atoms with E-state index in [4.69, 9.17) is 5.73 Å². The highest BCUT2D eigenvalue weighted by molar-refractivity contribution is 5.98.